The van der Waals surface area contributed by atoms with Crippen LogP contribution in [0.3, 0.4) is 0 Å². The van der Waals surface area contributed by atoms with E-state index in [0.717, 1.165) is 4.88 Å². The zero-order valence-electron chi connectivity index (χ0n) is 7.30. The van der Waals surface area contributed by atoms with Gasteiger partial charge in [-0.05, 0) is 17.9 Å². The van der Waals surface area contributed by atoms with E-state index in [9.17, 15) is 13.5 Å². The summed E-state index contributed by atoms with van der Waals surface area (Å²) in [6, 6.07) is 3.64. The van der Waals surface area contributed by atoms with Gasteiger partial charge in [0, 0.05) is 11.1 Å². The molecular formula is C8H12O3S2. The lowest BCUT2D eigenvalue weighted by Gasteiger charge is -2.06. The molecule has 1 heterocycles. The third-order valence-corrected chi connectivity index (χ3v) is 3.58. The second-order valence-electron chi connectivity index (χ2n) is 2.95. The predicted octanol–water partition coefficient (Wildman–Crippen LogP) is 1.22. The highest BCUT2D eigenvalue weighted by Gasteiger charge is 2.11. The fraction of sp³-hybridized carbons (Fsp3) is 0.500. The largest absolute Gasteiger partial charge is 0.388 e. The number of rotatable bonds is 4. The molecule has 3 nitrogen and oxygen atoms in total. The van der Waals surface area contributed by atoms with Crippen LogP contribution in [0.5, 0.6) is 0 Å². The van der Waals surface area contributed by atoms with Crippen LogP contribution in [0.15, 0.2) is 17.5 Å². The molecule has 1 rings (SSSR count). The maximum Gasteiger partial charge on any atom is 0.147 e. The van der Waals surface area contributed by atoms with Gasteiger partial charge in [-0.1, -0.05) is 6.07 Å². The van der Waals surface area contributed by atoms with Crippen molar-refractivity contribution in [2.24, 2.45) is 0 Å². The van der Waals surface area contributed by atoms with Gasteiger partial charge >= 0.3 is 0 Å². The lowest BCUT2D eigenvalue weighted by atomic mass is 10.2. The molecule has 0 aliphatic rings. The smallest absolute Gasteiger partial charge is 0.147 e. The van der Waals surface area contributed by atoms with Gasteiger partial charge in [-0.25, -0.2) is 8.42 Å². The minimum atomic E-state index is -2.97. The van der Waals surface area contributed by atoms with E-state index in [-0.39, 0.29) is 12.2 Å². The third kappa shape index (κ3) is 3.89. The molecular weight excluding hydrogens is 208 g/mol. The van der Waals surface area contributed by atoms with Crippen molar-refractivity contribution in [1.29, 1.82) is 0 Å². The second kappa shape index (κ2) is 4.21. The van der Waals surface area contributed by atoms with E-state index in [0.29, 0.717) is 0 Å². The summed E-state index contributed by atoms with van der Waals surface area (Å²) in [6.45, 7) is 0. The summed E-state index contributed by atoms with van der Waals surface area (Å²) >= 11 is 1.44. The monoisotopic (exact) mass is 220 g/mol. The second-order valence-corrected chi connectivity index (χ2v) is 6.19. The Morgan fingerprint density at radius 1 is 1.62 bits per heavy atom. The molecule has 0 spiro atoms. The minimum absolute atomic E-state index is 0.0338. The first-order valence-electron chi connectivity index (χ1n) is 3.88. The van der Waals surface area contributed by atoms with E-state index in [2.05, 4.69) is 0 Å². The van der Waals surface area contributed by atoms with E-state index in [1.807, 2.05) is 11.4 Å². The van der Waals surface area contributed by atoms with Gasteiger partial charge < -0.3 is 5.11 Å². The van der Waals surface area contributed by atoms with E-state index < -0.39 is 15.9 Å². The minimum Gasteiger partial charge on any atom is -0.388 e. The molecule has 0 saturated carbocycles. The van der Waals surface area contributed by atoms with E-state index in [4.69, 9.17) is 0 Å². The van der Waals surface area contributed by atoms with Crippen molar-refractivity contribution in [3.05, 3.63) is 22.4 Å². The number of hydrogen-bond acceptors (Lipinski definition) is 4. The highest BCUT2D eigenvalue weighted by atomic mass is 32.2. The Hall–Kier alpha value is -0.390. The molecule has 13 heavy (non-hydrogen) atoms. The third-order valence-electron chi connectivity index (χ3n) is 1.63. The number of thiophene rings is 1. The SMILES string of the molecule is CS(=O)(=O)CC[C@H](O)c1cccs1. The average molecular weight is 220 g/mol. The molecule has 0 unspecified atom stereocenters. The maximum absolute atomic E-state index is 10.8. The summed E-state index contributed by atoms with van der Waals surface area (Å²) in [7, 11) is -2.97. The molecule has 1 aromatic heterocycles. The van der Waals surface area contributed by atoms with Crippen molar-refractivity contribution in [2.45, 2.75) is 12.5 Å². The van der Waals surface area contributed by atoms with E-state index in [1.54, 1.807) is 6.07 Å². The normalized spacial score (nSPS) is 14.3. The van der Waals surface area contributed by atoms with E-state index in [1.165, 1.54) is 17.6 Å². The summed E-state index contributed by atoms with van der Waals surface area (Å²) in [6.07, 6.45) is 0.808. The van der Waals surface area contributed by atoms with Gasteiger partial charge in [0.2, 0.25) is 0 Å². The summed E-state index contributed by atoms with van der Waals surface area (Å²) in [5.41, 5.74) is 0. The fourth-order valence-corrected chi connectivity index (χ4v) is 2.35. The molecule has 1 aromatic rings. The Balaban J connectivity index is 2.48. The Bertz CT molecular complexity index is 339. The Kier molecular flexibility index (Phi) is 3.47. The summed E-state index contributed by atoms with van der Waals surface area (Å²) in [4.78, 5) is 0.823. The van der Waals surface area contributed by atoms with Crippen LogP contribution in [0.4, 0.5) is 0 Å². The standard InChI is InChI=1S/C8H12O3S2/c1-13(10,11)6-4-7(9)8-3-2-5-12-8/h2-3,5,7,9H,4,6H2,1H3/t7-/m0/s1. The van der Waals surface area contributed by atoms with Gasteiger partial charge in [0.1, 0.15) is 9.84 Å². The molecule has 0 radical (unpaired) electrons. The Labute approximate surface area is 82.0 Å². The number of hydrogen-bond donors (Lipinski definition) is 1. The predicted molar refractivity (Wildman–Crippen MR) is 53.6 cm³/mol. The van der Waals surface area contributed by atoms with Crippen molar-refractivity contribution in [3.8, 4) is 0 Å². The molecule has 0 aliphatic carbocycles. The molecule has 0 amide bonds. The van der Waals surface area contributed by atoms with Crippen LogP contribution in [0, 0.1) is 0 Å². The van der Waals surface area contributed by atoms with Crippen molar-refractivity contribution in [2.75, 3.05) is 12.0 Å². The van der Waals surface area contributed by atoms with Gasteiger partial charge in [0.05, 0.1) is 11.9 Å². The highest BCUT2D eigenvalue weighted by molar-refractivity contribution is 7.90. The molecule has 1 atom stereocenters. The van der Waals surface area contributed by atoms with Gasteiger partial charge in [-0.3, -0.25) is 0 Å². The zero-order valence-corrected chi connectivity index (χ0v) is 8.94. The van der Waals surface area contributed by atoms with Crippen LogP contribution in [0.1, 0.15) is 17.4 Å². The first-order valence-corrected chi connectivity index (χ1v) is 6.82. The molecule has 0 bridgehead atoms. The molecule has 1 N–H and O–H groups in total. The van der Waals surface area contributed by atoms with Crippen LogP contribution in [0.2, 0.25) is 0 Å². The Morgan fingerprint density at radius 3 is 2.77 bits per heavy atom. The lowest BCUT2D eigenvalue weighted by Crippen LogP contribution is -2.07. The molecule has 74 valence electrons. The number of aliphatic hydroxyl groups excluding tert-OH is 1. The highest BCUT2D eigenvalue weighted by Crippen LogP contribution is 2.21. The Morgan fingerprint density at radius 2 is 2.31 bits per heavy atom. The van der Waals surface area contributed by atoms with Crippen LogP contribution in [-0.2, 0) is 9.84 Å². The number of sulfone groups is 1. The zero-order chi connectivity index (χ0) is 9.90. The van der Waals surface area contributed by atoms with Gasteiger partial charge in [0.25, 0.3) is 0 Å². The van der Waals surface area contributed by atoms with Gasteiger partial charge in [-0.2, -0.15) is 0 Å². The first-order chi connectivity index (χ1) is 5.99. The van der Waals surface area contributed by atoms with Crippen molar-refractivity contribution >= 4 is 21.2 Å². The van der Waals surface area contributed by atoms with Gasteiger partial charge in [0.15, 0.2) is 0 Å². The van der Waals surface area contributed by atoms with Crippen LogP contribution in [-0.4, -0.2) is 25.5 Å². The maximum atomic E-state index is 10.8. The first kappa shape index (κ1) is 10.7. The fourth-order valence-electron chi connectivity index (χ4n) is 0.949. The van der Waals surface area contributed by atoms with Crippen molar-refractivity contribution < 1.29 is 13.5 Å². The van der Waals surface area contributed by atoms with Crippen LogP contribution < -0.4 is 0 Å². The molecule has 0 aromatic carbocycles. The molecule has 0 fully saturated rings. The average Bonchev–Trinajstić information content (AvgIpc) is 2.50. The molecule has 0 aliphatic heterocycles. The van der Waals surface area contributed by atoms with E-state index >= 15 is 0 Å². The van der Waals surface area contributed by atoms with Crippen LogP contribution >= 0.6 is 11.3 Å². The molecule has 5 heteroatoms. The molecule has 0 saturated heterocycles. The van der Waals surface area contributed by atoms with Crippen LogP contribution in [0.25, 0.3) is 0 Å². The van der Waals surface area contributed by atoms with Crippen molar-refractivity contribution in [3.63, 3.8) is 0 Å². The number of aliphatic hydroxyl groups is 1. The topological polar surface area (TPSA) is 54.4 Å². The van der Waals surface area contributed by atoms with Crippen molar-refractivity contribution in [1.82, 2.24) is 0 Å². The summed E-state index contributed by atoms with van der Waals surface area (Å²) in [5, 5.41) is 11.4. The summed E-state index contributed by atoms with van der Waals surface area (Å²) < 4.78 is 21.6. The lowest BCUT2D eigenvalue weighted by molar-refractivity contribution is 0.178. The summed E-state index contributed by atoms with van der Waals surface area (Å²) in [5.74, 6) is 0.0338. The van der Waals surface area contributed by atoms with Gasteiger partial charge in [-0.15, -0.1) is 11.3 Å². The quantitative estimate of drug-likeness (QED) is 0.830.